The van der Waals surface area contributed by atoms with Crippen LogP contribution in [-0.4, -0.2) is 40.3 Å². The number of nitrogen functional groups attached to an aromatic ring is 1. The molecule has 3 N–H and O–H groups in total. The molecule has 0 atom stereocenters. The summed E-state index contributed by atoms with van der Waals surface area (Å²) in [6, 6.07) is 7.85. The summed E-state index contributed by atoms with van der Waals surface area (Å²) in [5.41, 5.74) is 6.47. The Bertz CT molecular complexity index is 1040. The molecular formula is C14H12N4O4S. The molecule has 0 saturated heterocycles. The molecule has 2 aromatic heterocycles. The maximum Gasteiger partial charge on any atom is 0.343 e. The van der Waals surface area contributed by atoms with Gasteiger partial charge in [-0.15, -0.1) is 5.10 Å². The third-order valence-electron chi connectivity index (χ3n) is 3.28. The van der Waals surface area contributed by atoms with Gasteiger partial charge in [0.1, 0.15) is 5.56 Å². The van der Waals surface area contributed by atoms with Crippen LogP contribution < -0.4 is 5.73 Å². The SMILES string of the molecule is CS(=O)(=O)c1cccc(-c2ccn3nc(N)c(C(=O)O)c3n2)c1. The molecule has 3 aromatic rings. The van der Waals surface area contributed by atoms with Crippen molar-refractivity contribution in [3.8, 4) is 11.3 Å². The first-order chi connectivity index (χ1) is 10.8. The van der Waals surface area contributed by atoms with Gasteiger partial charge in [-0.1, -0.05) is 12.1 Å². The van der Waals surface area contributed by atoms with Crippen LogP contribution in [0.25, 0.3) is 16.9 Å². The van der Waals surface area contributed by atoms with Gasteiger partial charge in [-0.25, -0.2) is 22.7 Å². The molecule has 0 spiro atoms. The Morgan fingerprint density at radius 1 is 1.30 bits per heavy atom. The van der Waals surface area contributed by atoms with Crippen molar-refractivity contribution in [1.82, 2.24) is 14.6 Å². The molecule has 0 unspecified atom stereocenters. The van der Waals surface area contributed by atoms with E-state index in [-0.39, 0.29) is 21.9 Å². The fraction of sp³-hybridized carbons (Fsp3) is 0.0714. The molecule has 0 aliphatic rings. The molecule has 23 heavy (non-hydrogen) atoms. The van der Waals surface area contributed by atoms with Crippen LogP contribution in [0.2, 0.25) is 0 Å². The smallest absolute Gasteiger partial charge is 0.343 e. The van der Waals surface area contributed by atoms with Gasteiger partial charge < -0.3 is 10.8 Å². The molecule has 1 aromatic carbocycles. The number of fused-ring (bicyclic) bond motifs is 1. The Labute approximate surface area is 131 Å². The number of carbonyl (C=O) groups is 1. The first-order valence-electron chi connectivity index (χ1n) is 6.46. The van der Waals surface area contributed by atoms with Crippen molar-refractivity contribution in [2.45, 2.75) is 4.90 Å². The van der Waals surface area contributed by atoms with Crippen LogP contribution in [0.3, 0.4) is 0 Å². The van der Waals surface area contributed by atoms with Gasteiger partial charge in [-0.05, 0) is 18.2 Å². The van der Waals surface area contributed by atoms with Crippen LogP contribution in [0.5, 0.6) is 0 Å². The molecule has 2 heterocycles. The normalized spacial score (nSPS) is 11.7. The van der Waals surface area contributed by atoms with Crippen molar-refractivity contribution in [3.05, 3.63) is 42.1 Å². The molecule has 0 bridgehead atoms. The number of hydrogen-bond donors (Lipinski definition) is 2. The van der Waals surface area contributed by atoms with Crippen molar-refractivity contribution < 1.29 is 18.3 Å². The highest BCUT2D eigenvalue weighted by Gasteiger charge is 2.19. The summed E-state index contributed by atoms with van der Waals surface area (Å²) in [5, 5.41) is 13.1. The highest BCUT2D eigenvalue weighted by molar-refractivity contribution is 7.90. The Hall–Kier alpha value is -2.94. The number of carboxylic acids is 1. The van der Waals surface area contributed by atoms with Crippen LogP contribution in [0.15, 0.2) is 41.4 Å². The predicted molar refractivity (Wildman–Crippen MR) is 82.9 cm³/mol. The molecule has 0 amide bonds. The summed E-state index contributed by atoms with van der Waals surface area (Å²) in [6.45, 7) is 0. The zero-order chi connectivity index (χ0) is 16.8. The fourth-order valence-electron chi connectivity index (χ4n) is 2.20. The van der Waals surface area contributed by atoms with Crippen LogP contribution in [0.1, 0.15) is 10.4 Å². The molecule has 0 fully saturated rings. The van der Waals surface area contributed by atoms with Crippen molar-refractivity contribution in [3.63, 3.8) is 0 Å². The third-order valence-corrected chi connectivity index (χ3v) is 4.39. The topological polar surface area (TPSA) is 128 Å². The van der Waals surface area contributed by atoms with Gasteiger partial charge in [0.25, 0.3) is 0 Å². The molecular weight excluding hydrogens is 320 g/mol. The van der Waals surface area contributed by atoms with E-state index in [2.05, 4.69) is 10.1 Å². The summed E-state index contributed by atoms with van der Waals surface area (Å²) >= 11 is 0. The van der Waals surface area contributed by atoms with E-state index < -0.39 is 15.8 Å². The maximum absolute atomic E-state index is 11.6. The Balaban J connectivity index is 2.22. The predicted octanol–water partition coefficient (Wildman–Crippen LogP) is 1.08. The monoisotopic (exact) mass is 332 g/mol. The van der Waals surface area contributed by atoms with E-state index >= 15 is 0 Å². The number of sulfone groups is 1. The molecule has 0 aliphatic heterocycles. The maximum atomic E-state index is 11.6. The summed E-state index contributed by atoms with van der Waals surface area (Å²) < 4.78 is 24.6. The summed E-state index contributed by atoms with van der Waals surface area (Å²) in [5.74, 6) is -1.36. The Morgan fingerprint density at radius 2 is 2.04 bits per heavy atom. The third kappa shape index (κ3) is 2.61. The van der Waals surface area contributed by atoms with Gasteiger partial charge in [0.15, 0.2) is 21.3 Å². The molecule has 3 rings (SSSR count). The molecule has 0 radical (unpaired) electrons. The molecule has 9 heteroatoms. The van der Waals surface area contributed by atoms with Gasteiger partial charge in [-0.3, -0.25) is 0 Å². The van der Waals surface area contributed by atoms with Crippen molar-refractivity contribution in [2.24, 2.45) is 0 Å². The van der Waals surface area contributed by atoms with Crippen LogP contribution >= 0.6 is 0 Å². The molecule has 8 nitrogen and oxygen atoms in total. The van der Waals surface area contributed by atoms with Crippen LogP contribution in [0, 0.1) is 0 Å². The average Bonchev–Trinajstić information content (AvgIpc) is 2.81. The summed E-state index contributed by atoms with van der Waals surface area (Å²) in [6.07, 6.45) is 2.64. The largest absolute Gasteiger partial charge is 0.477 e. The van der Waals surface area contributed by atoms with E-state index in [1.54, 1.807) is 18.2 Å². The van der Waals surface area contributed by atoms with E-state index in [1.807, 2.05) is 0 Å². The van der Waals surface area contributed by atoms with E-state index in [9.17, 15) is 18.3 Å². The number of aromatic nitrogens is 3. The first-order valence-corrected chi connectivity index (χ1v) is 8.35. The molecule has 0 saturated carbocycles. The van der Waals surface area contributed by atoms with Crippen molar-refractivity contribution >= 4 is 27.3 Å². The lowest BCUT2D eigenvalue weighted by molar-refractivity contribution is 0.0700. The van der Waals surface area contributed by atoms with Gasteiger partial charge in [0.2, 0.25) is 0 Å². The van der Waals surface area contributed by atoms with Gasteiger partial charge in [-0.2, -0.15) is 0 Å². The summed E-state index contributed by atoms with van der Waals surface area (Å²) in [4.78, 5) is 15.7. The number of carboxylic acid groups (broad SMARTS) is 1. The first kappa shape index (κ1) is 15.0. The van der Waals surface area contributed by atoms with E-state index in [0.717, 1.165) is 6.26 Å². The highest BCUT2D eigenvalue weighted by atomic mass is 32.2. The highest BCUT2D eigenvalue weighted by Crippen LogP contribution is 2.23. The van der Waals surface area contributed by atoms with Crippen LogP contribution in [-0.2, 0) is 9.84 Å². The standard InChI is InChI=1S/C14H12N4O4S/c1-23(21,22)9-4-2-3-8(7-9)10-5-6-18-13(16-10)11(14(19)20)12(15)17-18/h2-7H,1H3,(H2,15,17)(H,19,20). The minimum Gasteiger partial charge on any atom is -0.477 e. The molecule has 0 aliphatic carbocycles. The number of nitrogens with zero attached hydrogens (tertiary/aromatic N) is 3. The van der Waals surface area contributed by atoms with E-state index in [0.29, 0.717) is 11.3 Å². The van der Waals surface area contributed by atoms with Crippen molar-refractivity contribution in [1.29, 1.82) is 0 Å². The lowest BCUT2D eigenvalue weighted by Gasteiger charge is -2.04. The zero-order valence-corrected chi connectivity index (χ0v) is 12.8. The Morgan fingerprint density at radius 3 is 2.70 bits per heavy atom. The second kappa shape index (κ2) is 5.06. The number of hydrogen-bond acceptors (Lipinski definition) is 6. The Kier molecular flexibility index (Phi) is 3.29. The summed E-state index contributed by atoms with van der Waals surface area (Å²) in [7, 11) is -3.35. The lowest BCUT2D eigenvalue weighted by Crippen LogP contribution is -2.01. The van der Waals surface area contributed by atoms with Gasteiger partial charge >= 0.3 is 5.97 Å². The van der Waals surface area contributed by atoms with Crippen molar-refractivity contribution in [2.75, 3.05) is 12.0 Å². The van der Waals surface area contributed by atoms with Crippen LogP contribution in [0.4, 0.5) is 5.82 Å². The number of aromatic carboxylic acids is 1. The van der Waals surface area contributed by atoms with E-state index in [1.165, 1.54) is 22.8 Å². The van der Waals surface area contributed by atoms with Gasteiger partial charge in [0, 0.05) is 18.0 Å². The lowest BCUT2D eigenvalue weighted by atomic mass is 10.1. The number of anilines is 1. The van der Waals surface area contributed by atoms with Gasteiger partial charge in [0.05, 0.1) is 10.6 Å². The number of rotatable bonds is 3. The second-order valence-corrected chi connectivity index (χ2v) is 6.96. The minimum atomic E-state index is -3.35. The van der Waals surface area contributed by atoms with E-state index in [4.69, 9.17) is 5.73 Å². The number of benzene rings is 1. The average molecular weight is 332 g/mol. The second-order valence-electron chi connectivity index (χ2n) is 4.95. The zero-order valence-electron chi connectivity index (χ0n) is 12.0. The fourth-order valence-corrected chi connectivity index (χ4v) is 2.87. The minimum absolute atomic E-state index is 0.0947. The number of nitrogens with two attached hydrogens (primary N) is 1. The molecule has 118 valence electrons. The quantitative estimate of drug-likeness (QED) is 0.734.